The number of furan rings is 1. The van der Waals surface area contributed by atoms with Crippen molar-refractivity contribution < 1.29 is 23.1 Å². The summed E-state index contributed by atoms with van der Waals surface area (Å²) < 4.78 is 23.8. The van der Waals surface area contributed by atoms with Crippen LogP contribution < -0.4 is 0 Å². The number of ether oxygens (including phenoxy) is 1. The molecule has 2 amide bonds. The highest BCUT2D eigenvalue weighted by Crippen LogP contribution is 2.14. The van der Waals surface area contributed by atoms with Crippen LogP contribution in [0, 0.1) is 18.7 Å². The zero-order chi connectivity index (χ0) is 21.4. The van der Waals surface area contributed by atoms with Gasteiger partial charge in [0.2, 0.25) is 11.8 Å². The Balaban J connectivity index is 2.18. The Hall–Kier alpha value is -2.67. The lowest BCUT2D eigenvalue weighted by Crippen LogP contribution is -2.45. The molecule has 1 heterocycles. The highest BCUT2D eigenvalue weighted by molar-refractivity contribution is 5.85. The molecule has 2 aromatic rings. The molecule has 0 radical (unpaired) electrons. The highest BCUT2D eigenvalue weighted by atomic mass is 19.1. The van der Waals surface area contributed by atoms with Gasteiger partial charge >= 0.3 is 0 Å². The van der Waals surface area contributed by atoms with Gasteiger partial charge in [-0.15, -0.1) is 0 Å². The van der Waals surface area contributed by atoms with Gasteiger partial charge in [0.15, 0.2) is 0 Å². The number of hydrogen-bond acceptors (Lipinski definition) is 4. The summed E-state index contributed by atoms with van der Waals surface area (Å²) in [7, 11) is 1.45. The number of aryl methyl sites for hydroxylation is 1. The van der Waals surface area contributed by atoms with Crippen LogP contribution in [0.1, 0.15) is 30.9 Å². The first-order valence-electron chi connectivity index (χ1n) is 9.62. The zero-order valence-electron chi connectivity index (χ0n) is 17.5. The van der Waals surface area contributed by atoms with Crippen molar-refractivity contribution in [3.05, 3.63) is 59.3 Å². The number of halogens is 1. The van der Waals surface area contributed by atoms with Gasteiger partial charge in [0.05, 0.1) is 13.1 Å². The SMILES string of the molecule is COCC(=O)N(CC(=O)N(Cc1ccc(F)cc1)Cc1ccc(C)o1)CC(C)C. The highest BCUT2D eigenvalue weighted by Gasteiger charge is 2.23. The molecule has 2 rings (SSSR count). The zero-order valence-corrected chi connectivity index (χ0v) is 17.5. The fraction of sp³-hybridized carbons (Fsp3) is 0.455. The van der Waals surface area contributed by atoms with Crippen molar-refractivity contribution in [2.24, 2.45) is 5.92 Å². The number of carbonyl (C=O) groups is 2. The molecule has 0 aliphatic carbocycles. The molecule has 0 saturated carbocycles. The second kappa shape index (κ2) is 10.8. The van der Waals surface area contributed by atoms with E-state index in [9.17, 15) is 14.0 Å². The Morgan fingerprint density at radius 1 is 1.03 bits per heavy atom. The quantitative estimate of drug-likeness (QED) is 0.609. The fourth-order valence-corrected chi connectivity index (χ4v) is 2.97. The van der Waals surface area contributed by atoms with E-state index in [1.54, 1.807) is 17.0 Å². The normalized spacial score (nSPS) is 11.0. The molecule has 0 atom stereocenters. The standard InChI is InChI=1S/C22H29FN2O4/c1-16(2)11-24(22(27)15-28-4)14-21(26)25(13-20-10-5-17(3)29-20)12-18-6-8-19(23)9-7-18/h5-10,16H,11-15H2,1-4H3. The molecule has 29 heavy (non-hydrogen) atoms. The summed E-state index contributed by atoms with van der Waals surface area (Å²) >= 11 is 0. The molecule has 158 valence electrons. The van der Waals surface area contributed by atoms with Crippen LogP contribution in [-0.2, 0) is 27.4 Å². The van der Waals surface area contributed by atoms with E-state index in [1.165, 1.54) is 24.1 Å². The summed E-state index contributed by atoms with van der Waals surface area (Å²) in [5, 5.41) is 0. The minimum absolute atomic E-state index is 0.0543. The van der Waals surface area contributed by atoms with E-state index in [1.807, 2.05) is 32.9 Å². The number of methoxy groups -OCH3 is 1. The number of nitrogens with zero attached hydrogens (tertiary/aromatic N) is 2. The molecule has 0 bridgehead atoms. The predicted octanol–water partition coefficient (Wildman–Crippen LogP) is 3.39. The van der Waals surface area contributed by atoms with E-state index in [0.29, 0.717) is 12.3 Å². The van der Waals surface area contributed by atoms with Crippen LogP contribution in [-0.4, -0.2) is 48.4 Å². The Morgan fingerprint density at radius 3 is 2.28 bits per heavy atom. The van der Waals surface area contributed by atoms with Crippen LogP contribution in [0.5, 0.6) is 0 Å². The maximum absolute atomic E-state index is 13.2. The van der Waals surface area contributed by atoms with E-state index in [-0.39, 0.29) is 49.8 Å². The molecule has 0 saturated heterocycles. The lowest BCUT2D eigenvalue weighted by molar-refractivity contribution is -0.143. The topological polar surface area (TPSA) is 63.0 Å². The minimum atomic E-state index is -0.332. The van der Waals surface area contributed by atoms with Crippen molar-refractivity contribution in [2.75, 3.05) is 26.8 Å². The summed E-state index contributed by atoms with van der Waals surface area (Å²) in [6, 6.07) is 9.67. The number of amides is 2. The van der Waals surface area contributed by atoms with Gasteiger partial charge in [-0.05, 0) is 42.7 Å². The van der Waals surface area contributed by atoms with E-state index in [4.69, 9.17) is 9.15 Å². The molecule has 7 heteroatoms. The first kappa shape index (κ1) is 22.6. The Morgan fingerprint density at radius 2 is 1.72 bits per heavy atom. The second-order valence-electron chi connectivity index (χ2n) is 7.49. The predicted molar refractivity (Wildman–Crippen MR) is 107 cm³/mol. The third-order valence-electron chi connectivity index (χ3n) is 4.31. The van der Waals surface area contributed by atoms with Crippen LogP contribution in [0.25, 0.3) is 0 Å². The van der Waals surface area contributed by atoms with Crippen molar-refractivity contribution in [3.8, 4) is 0 Å². The Bertz CT molecular complexity index is 801. The lowest BCUT2D eigenvalue weighted by atomic mass is 10.2. The molecule has 0 N–H and O–H groups in total. The smallest absolute Gasteiger partial charge is 0.249 e. The van der Waals surface area contributed by atoms with Crippen LogP contribution in [0.15, 0.2) is 40.8 Å². The van der Waals surface area contributed by atoms with Crippen LogP contribution in [0.2, 0.25) is 0 Å². The number of benzene rings is 1. The summed E-state index contributed by atoms with van der Waals surface area (Å²) in [5.41, 5.74) is 0.793. The minimum Gasteiger partial charge on any atom is -0.464 e. The van der Waals surface area contributed by atoms with E-state index in [0.717, 1.165) is 11.3 Å². The Kier molecular flexibility index (Phi) is 8.39. The number of carbonyl (C=O) groups excluding carboxylic acids is 2. The number of rotatable bonds is 10. The molecule has 0 aliphatic rings. The average Bonchev–Trinajstić information content (AvgIpc) is 3.07. The molecule has 0 aliphatic heterocycles. The average molecular weight is 404 g/mol. The van der Waals surface area contributed by atoms with Gasteiger partial charge in [0, 0.05) is 20.2 Å². The van der Waals surface area contributed by atoms with Crippen LogP contribution >= 0.6 is 0 Å². The van der Waals surface area contributed by atoms with Crippen LogP contribution in [0.4, 0.5) is 4.39 Å². The van der Waals surface area contributed by atoms with Gasteiger partial charge in [0.25, 0.3) is 0 Å². The van der Waals surface area contributed by atoms with Gasteiger partial charge < -0.3 is 19.0 Å². The summed E-state index contributed by atoms with van der Waals surface area (Å²) in [5.74, 6) is 0.838. The van der Waals surface area contributed by atoms with Crippen molar-refractivity contribution in [2.45, 2.75) is 33.9 Å². The molecule has 6 nitrogen and oxygen atoms in total. The molecular weight excluding hydrogens is 375 g/mol. The van der Waals surface area contributed by atoms with Crippen molar-refractivity contribution in [3.63, 3.8) is 0 Å². The van der Waals surface area contributed by atoms with Crippen LogP contribution in [0.3, 0.4) is 0 Å². The van der Waals surface area contributed by atoms with E-state index >= 15 is 0 Å². The fourth-order valence-electron chi connectivity index (χ4n) is 2.97. The molecule has 1 aromatic carbocycles. The van der Waals surface area contributed by atoms with Crippen molar-refractivity contribution >= 4 is 11.8 Å². The van der Waals surface area contributed by atoms with Crippen molar-refractivity contribution in [1.29, 1.82) is 0 Å². The summed E-state index contributed by atoms with van der Waals surface area (Å²) in [4.78, 5) is 28.6. The molecule has 0 spiro atoms. The summed E-state index contributed by atoms with van der Waals surface area (Å²) in [6.07, 6.45) is 0. The molecule has 1 aromatic heterocycles. The Labute approximate surface area is 171 Å². The maximum Gasteiger partial charge on any atom is 0.249 e. The molecular formula is C22H29FN2O4. The lowest BCUT2D eigenvalue weighted by Gasteiger charge is -2.28. The first-order chi connectivity index (χ1) is 13.8. The van der Waals surface area contributed by atoms with E-state index in [2.05, 4.69) is 0 Å². The first-order valence-corrected chi connectivity index (χ1v) is 9.62. The van der Waals surface area contributed by atoms with Gasteiger partial charge in [-0.1, -0.05) is 26.0 Å². The molecule has 0 fully saturated rings. The van der Waals surface area contributed by atoms with E-state index < -0.39 is 0 Å². The molecule has 0 unspecified atom stereocenters. The largest absolute Gasteiger partial charge is 0.464 e. The third-order valence-corrected chi connectivity index (χ3v) is 4.31. The van der Waals surface area contributed by atoms with Gasteiger partial charge in [-0.25, -0.2) is 4.39 Å². The monoisotopic (exact) mass is 404 g/mol. The van der Waals surface area contributed by atoms with Gasteiger partial charge in [-0.2, -0.15) is 0 Å². The van der Waals surface area contributed by atoms with Crippen molar-refractivity contribution in [1.82, 2.24) is 9.80 Å². The van der Waals surface area contributed by atoms with Gasteiger partial charge in [0.1, 0.15) is 23.9 Å². The number of hydrogen-bond donors (Lipinski definition) is 0. The van der Waals surface area contributed by atoms with Gasteiger partial charge in [-0.3, -0.25) is 9.59 Å². The summed E-state index contributed by atoms with van der Waals surface area (Å²) in [6.45, 7) is 6.68. The second-order valence-corrected chi connectivity index (χ2v) is 7.49. The maximum atomic E-state index is 13.2. The third kappa shape index (κ3) is 7.34.